The second kappa shape index (κ2) is 7.34. The van der Waals surface area contributed by atoms with Crippen molar-refractivity contribution in [3.05, 3.63) is 36.9 Å². The molecule has 0 heterocycles. The lowest BCUT2D eigenvalue weighted by atomic mass is 10.3. The molecule has 1 rings (SSSR count). The lowest BCUT2D eigenvalue weighted by molar-refractivity contribution is 0.195. The molecule has 0 radical (unpaired) electrons. The van der Waals surface area contributed by atoms with Crippen molar-refractivity contribution in [3.63, 3.8) is 0 Å². The van der Waals surface area contributed by atoms with Gasteiger partial charge in [0.2, 0.25) is 0 Å². The van der Waals surface area contributed by atoms with Gasteiger partial charge in [-0.25, -0.2) is 4.79 Å². The lowest BCUT2D eigenvalue weighted by Crippen LogP contribution is -2.37. The van der Waals surface area contributed by atoms with Crippen molar-refractivity contribution in [2.75, 3.05) is 32.1 Å². The van der Waals surface area contributed by atoms with Crippen LogP contribution in [0.1, 0.15) is 0 Å². The molecule has 98 valence electrons. The number of hydrogen-bond donors (Lipinski definition) is 2. The first-order valence-corrected chi connectivity index (χ1v) is 5.63. The van der Waals surface area contributed by atoms with E-state index in [0.29, 0.717) is 18.0 Å². The SMILES string of the molecule is C=CCN(CCO)C(=O)Nc1ccccc1OC. The number of nitrogens with zero attached hydrogens (tertiary/aromatic N) is 1. The first-order valence-electron chi connectivity index (χ1n) is 5.63. The molecule has 0 fully saturated rings. The number of urea groups is 1. The van der Waals surface area contributed by atoms with Crippen molar-refractivity contribution >= 4 is 11.7 Å². The molecule has 2 amide bonds. The molecule has 0 saturated heterocycles. The Balaban J connectivity index is 2.75. The standard InChI is InChI=1S/C13H18N2O3/c1-3-8-15(9-10-16)13(17)14-11-6-4-5-7-12(11)18-2/h3-7,16H,1,8-10H2,2H3,(H,14,17). The van der Waals surface area contributed by atoms with E-state index in [0.717, 1.165) is 0 Å². The summed E-state index contributed by atoms with van der Waals surface area (Å²) in [5, 5.41) is 11.6. The van der Waals surface area contributed by atoms with Gasteiger partial charge in [0.15, 0.2) is 0 Å². The molecule has 0 aliphatic heterocycles. The molecule has 1 aromatic carbocycles. The number of ether oxygens (including phenoxy) is 1. The van der Waals surface area contributed by atoms with Crippen LogP contribution < -0.4 is 10.1 Å². The van der Waals surface area contributed by atoms with Gasteiger partial charge in [-0.3, -0.25) is 0 Å². The Hall–Kier alpha value is -2.01. The van der Waals surface area contributed by atoms with Crippen LogP contribution in [-0.4, -0.2) is 42.8 Å². The van der Waals surface area contributed by atoms with E-state index in [4.69, 9.17) is 9.84 Å². The molecule has 0 aliphatic rings. The molecule has 0 atom stereocenters. The third-order valence-corrected chi connectivity index (χ3v) is 2.36. The topological polar surface area (TPSA) is 61.8 Å². The first kappa shape index (κ1) is 14.1. The second-order valence-corrected chi connectivity index (χ2v) is 3.59. The predicted octanol–water partition coefficient (Wildman–Crippen LogP) is 1.71. The quantitative estimate of drug-likeness (QED) is 0.755. The number of aliphatic hydroxyl groups excluding tert-OH is 1. The summed E-state index contributed by atoms with van der Waals surface area (Å²) in [6, 6.07) is 6.85. The minimum Gasteiger partial charge on any atom is -0.495 e. The van der Waals surface area contributed by atoms with Gasteiger partial charge in [0.1, 0.15) is 5.75 Å². The second-order valence-electron chi connectivity index (χ2n) is 3.59. The van der Waals surface area contributed by atoms with E-state index < -0.39 is 0 Å². The van der Waals surface area contributed by atoms with Gasteiger partial charge in [-0.15, -0.1) is 6.58 Å². The summed E-state index contributed by atoms with van der Waals surface area (Å²) >= 11 is 0. The fourth-order valence-electron chi connectivity index (χ4n) is 1.49. The zero-order chi connectivity index (χ0) is 13.4. The van der Waals surface area contributed by atoms with Crippen molar-refractivity contribution in [3.8, 4) is 5.75 Å². The minimum atomic E-state index is -0.298. The first-order chi connectivity index (χ1) is 8.72. The fraction of sp³-hybridized carbons (Fsp3) is 0.308. The van der Waals surface area contributed by atoms with Crippen LogP contribution in [0.3, 0.4) is 0 Å². The number of benzene rings is 1. The smallest absolute Gasteiger partial charge is 0.322 e. The van der Waals surface area contributed by atoms with E-state index in [-0.39, 0.29) is 19.2 Å². The van der Waals surface area contributed by atoms with E-state index in [1.165, 1.54) is 4.90 Å². The number of nitrogens with one attached hydrogen (secondary N) is 1. The largest absolute Gasteiger partial charge is 0.495 e. The van der Waals surface area contributed by atoms with Crippen LogP contribution in [0.4, 0.5) is 10.5 Å². The summed E-state index contributed by atoms with van der Waals surface area (Å²) in [5.74, 6) is 0.591. The lowest BCUT2D eigenvalue weighted by Gasteiger charge is -2.21. The number of rotatable bonds is 6. The molecule has 0 bridgehead atoms. The molecule has 0 aliphatic carbocycles. The van der Waals surface area contributed by atoms with Crippen molar-refractivity contribution in [2.24, 2.45) is 0 Å². The van der Waals surface area contributed by atoms with Crippen molar-refractivity contribution in [2.45, 2.75) is 0 Å². The third-order valence-electron chi connectivity index (χ3n) is 2.36. The van der Waals surface area contributed by atoms with Gasteiger partial charge in [-0.2, -0.15) is 0 Å². The number of anilines is 1. The Morgan fingerprint density at radius 1 is 1.56 bits per heavy atom. The van der Waals surface area contributed by atoms with Gasteiger partial charge in [0, 0.05) is 13.1 Å². The number of para-hydroxylation sites is 2. The fourth-order valence-corrected chi connectivity index (χ4v) is 1.49. The van der Waals surface area contributed by atoms with Crippen LogP contribution in [0, 0.1) is 0 Å². The monoisotopic (exact) mass is 250 g/mol. The highest BCUT2D eigenvalue weighted by atomic mass is 16.5. The van der Waals surface area contributed by atoms with Gasteiger partial charge in [0.25, 0.3) is 0 Å². The number of methoxy groups -OCH3 is 1. The maximum Gasteiger partial charge on any atom is 0.322 e. The molecule has 5 nitrogen and oxygen atoms in total. The van der Waals surface area contributed by atoms with E-state index in [9.17, 15) is 4.79 Å². The highest BCUT2D eigenvalue weighted by molar-refractivity contribution is 5.91. The Labute approximate surface area is 107 Å². The van der Waals surface area contributed by atoms with Crippen LogP contribution in [-0.2, 0) is 0 Å². The van der Waals surface area contributed by atoms with E-state index in [2.05, 4.69) is 11.9 Å². The van der Waals surface area contributed by atoms with Crippen LogP contribution in [0.5, 0.6) is 5.75 Å². The van der Waals surface area contributed by atoms with Crippen LogP contribution in [0.15, 0.2) is 36.9 Å². The van der Waals surface area contributed by atoms with Gasteiger partial charge >= 0.3 is 6.03 Å². The average molecular weight is 250 g/mol. The molecule has 1 aromatic rings. The number of carbonyl (C=O) groups is 1. The summed E-state index contributed by atoms with van der Waals surface area (Å²) in [6.45, 7) is 4.12. The Morgan fingerprint density at radius 3 is 2.89 bits per heavy atom. The predicted molar refractivity (Wildman–Crippen MR) is 70.9 cm³/mol. The van der Waals surface area contributed by atoms with Crippen molar-refractivity contribution in [1.29, 1.82) is 0 Å². The number of amides is 2. The number of carbonyl (C=O) groups excluding carboxylic acids is 1. The molecule has 18 heavy (non-hydrogen) atoms. The molecular formula is C13H18N2O3. The third kappa shape index (κ3) is 3.78. The zero-order valence-corrected chi connectivity index (χ0v) is 10.4. The van der Waals surface area contributed by atoms with E-state index >= 15 is 0 Å². The minimum absolute atomic E-state index is 0.0901. The molecule has 0 unspecified atom stereocenters. The molecule has 5 heteroatoms. The van der Waals surface area contributed by atoms with Crippen LogP contribution in [0.25, 0.3) is 0 Å². The van der Waals surface area contributed by atoms with E-state index in [1.54, 1.807) is 25.3 Å². The molecule has 0 spiro atoms. The van der Waals surface area contributed by atoms with Gasteiger partial charge < -0.3 is 20.1 Å². The number of aliphatic hydroxyl groups is 1. The normalized spacial score (nSPS) is 9.67. The highest BCUT2D eigenvalue weighted by Gasteiger charge is 2.13. The van der Waals surface area contributed by atoms with Crippen molar-refractivity contribution in [1.82, 2.24) is 4.90 Å². The Bertz CT molecular complexity index is 407. The van der Waals surface area contributed by atoms with E-state index in [1.807, 2.05) is 12.1 Å². The van der Waals surface area contributed by atoms with Crippen LogP contribution in [0.2, 0.25) is 0 Å². The summed E-state index contributed by atoms with van der Waals surface area (Å²) < 4.78 is 5.14. The van der Waals surface area contributed by atoms with Crippen molar-refractivity contribution < 1.29 is 14.6 Å². The highest BCUT2D eigenvalue weighted by Crippen LogP contribution is 2.23. The average Bonchev–Trinajstić information content (AvgIpc) is 2.39. The van der Waals surface area contributed by atoms with Gasteiger partial charge in [0.05, 0.1) is 19.4 Å². The molecule has 2 N–H and O–H groups in total. The summed E-state index contributed by atoms with van der Waals surface area (Å²) in [4.78, 5) is 13.4. The summed E-state index contributed by atoms with van der Waals surface area (Å²) in [7, 11) is 1.54. The summed E-state index contributed by atoms with van der Waals surface area (Å²) in [6.07, 6.45) is 1.61. The maximum atomic E-state index is 12.0. The molecular weight excluding hydrogens is 232 g/mol. The molecule has 0 saturated carbocycles. The molecule has 0 aromatic heterocycles. The van der Waals surface area contributed by atoms with Gasteiger partial charge in [-0.05, 0) is 12.1 Å². The van der Waals surface area contributed by atoms with Crippen LogP contribution >= 0.6 is 0 Å². The van der Waals surface area contributed by atoms with Gasteiger partial charge in [-0.1, -0.05) is 18.2 Å². The maximum absolute atomic E-state index is 12.0. The zero-order valence-electron chi connectivity index (χ0n) is 10.4. The Morgan fingerprint density at radius 2 is 2.28 bits per heavy atom. The summed E-state index contributed by atoms with van der Waals surface area (Å²) in [5.41, 5.74) is 0.594. The number of hydrogen-bond acceptors (Lipinski definition) is 3. The Kier molecular flexibility index (Phi) is 5.73.